The number of Topliss-reactive ketones (excluding diaryl/α,β-unsaturated/α-hetero) is 1. The minimum atomic E-state index is 0.106. The second-order valence-corrected chi connectivity index (χ2v) is 3.68. The van der Waals surface area contributed by atoms with Gasteiger partial charge in [-0.1, -0.05) is 0 Å². The Morgan fingerprint density at radius 2 is 2.29 bits per heavy atom. The predicted octanol–water partition coefficient (Wildman–Crippen LogP) is 1.41. The molecule has 2 heterocycles. The molecule has 4 nitrogen and oxygen atoms in total. The monoisotopic (exact) mass is 194 g/mol. The van der Waals surface area contributed by atoms with E-state index in [1.807, 2.05) is 0 Å². The SMILES string of the molecule is CC(=O)Cc1cnc(N2CCCC2)o1. The van der Waals surface area contributed by atoms with Crippen LogP contribution in [0.15, 0.2) is 10.6 Å². The first-order valence-corrected chi connectivity index (χ1v) is 4.95. The number of carbonyl (C=O) groups excluding carboxylic acids is 1. The molecule has 14 heavy (non-hydrogen) atoms. The third kappa shape index (κ3) is 1.95. The van der Waals surface area contributed by atoms with E-state index < -0.39 is 0 Å². The van der Waals surface area contributed by atoms with Gasteiger partial charge in [0.2, 0.25) is 0 Å². The Hall–Kier alpha value is -1.32. The van der Waals surface area contributed by atoms with Crippen LogP contribution in [0.1, 0.15) is 25.5 Å². The van der Waals surface area contributed by atoms with Crippen molar-refractivity contribution in [2.24, 2.45) is 0 Å². The first-order valence-electron chi connectivity index (χ1n) is 4.95. The fourth-order valence-electron chi connectivity index (χ4n) is 1.68. The first kappa shape index (κ1) is 9.24. The van der Waals surface area contributed by atoms with Gasteiger partial charge in [-0.15, -0.1) is 0 Å². The molecule has 1 aliphatic rings. The van der Waals surface area contributed by atoms with E-state index in [4.69, 9.17) is 4.42 Å². The highest BCUT2D eigenvalue weighted by Crippen LogP contribution is 2.19. The van der Waals surface area contributed by atoms with Gasteiger partial charge in [0.05, 0.1) is 12.6 Å². The van der Waals surface area contributed by atoms with Gasteiger partial charge in [-0.3, -0.25) is 4.79 Å². The van der Waals surface area contributed by atoms with Crippen molar-refractivity contribution in [2.45, 2.75) is 26.2 Å². The Kier molecular flexibility index (Phi) is 2.52. The van der Waals surface area contributed by atoms with Crippen LogP contribution < -0.4 is 4.90 Å². The fraction of sp³-hybridized carbons (Fsp3) is 0.600. The van der Waals surface area contributed by atoms with E-state index in [0.29, 0.717) is 18.2 Å². The largest absolute Gasteiger partial charge is 0.428 e. The number of anilines is 1. The molecule has 0 bridgehead atoms. The number of ketones is 1. The van der Waals surface area contributed by atoms with Crippen LogP contribution in [-0.4, -0.2) is 23.9 Å². The second-order valence-electron chi connectivity index (χ2n) is 3.68. The number of nitrogens with zero attached hydrogens (tertiary/aromatic N) is 2. The number of oxazole rings is 1. The molecule has 1 saturated heterocycles. The molecular weight excluding hydrogens is 180 g/mol. The Morgan fingerprint density at radius 3 is 2.93 bits per heavy atom. The van der Waals surface area contributed by atoms with Crippen LogP contribution in [0.2, 0.25) is 0 Å². The standard InChI is InChI=1S/C10H14N2O2/c1-8(13)6-9-7-11-10(14-9)12-4-2-3-5-12/h7H,2-6H2,1H3. The quantitative estimate of drug-likeness (QED) is 0.729. The van der Waals surface area contributed by atoms with Crippen molar-refractivity contribution in [3.05, 3.63) is 12.0 Å². The van der Waals surface area contributed by atoms with Gasteiger partial charge in [0.15, 0.2) is 0 Å². The molecule has 0 aromatic carbocycles. The molecule has 0 amide bonds. The predicted molar refractivity (Wildman–Crippen MR) is 52.3 cm³/mol. The Morgan fingerprint density at radius 1 is 1.57 bits per heavy atom. The van der Waals surface area contributed by atoms with E-state index in [1.54, 1.807) is 13.1 Å². The summed E-state index contributed by atoms with van der Waals surface area (Å²) in [5.41, 5.74) is 0. The van der Waals surface area contributed by atoms with Crippen molar-refractivity contribution in [2.75, 3.05) is 18.0 Å². The Labute approximate surface area is 82.9 Å². The number of carbonyl (C=O) groups is 1. The molecule has 1 aliphatic heterocycles. The van der Waals surface area contributed by atoms with E-state index in [1.165, 1.54) is 12.8 Å². The average molecular weight is 194 g/mol. The van der Waals surface area contributed by atoms with Crippen LogP contribution >= 0.6 is 0 Å². The van der Waals surface area contributed by atoms with Crippen LogP contribution in [-0.2, 0) is 11.2 Å². The molecule has 0 spiro atoms. The number of aromatic nitrogens is 1. The van der Waals surface area contributed by atoms with Gasteiger partial charge in [-0.25, -0.2) is 4.98 Å². The molecular formula is C10H14N2O2. The molecule has 1 aromatic heterocycles. The van der Waals surface area contributed by atoms with Gasteiger partial charge in [0, 0.05) is 13.1 Å². The molecule has 2 rings (SSSR count). The van der Waals surface area contributed by atoms with E-state index in [9.17, 15) is 4.79 Å². The van der Waals surface area contributed by atoms with Crippen LogP contribution in [0.4, 0.5) is 6.01 Å². The van der Waals surface area contributed by atoms with Crippen molar-refractivity contribution in [3.8, 4) is 0 Å². The third-order valence-corrected chi connectivity index (χ3v) is 2.34. The summed E-state index contributed by atoms with van der Waals surface area (Å²) in [7, 11) is 0. The lowest BCUT2D eigenvalue weighted by atomic mass is 10.3. The summed E-state index contributed by atoms with van der Waals surface area (Å²) in [5, 5.41) is 0. The fourth-order valence-corrected chi connectivity index (χ4v) is 1.68. The van der Waals surface area contributed by atoms with Gasteiger partial charge in [-0.05, 0) is 19.8 Å². The third-order valence-electron chi connectivity index (χ3n) is 2.34. The smallest absolute Gasteiger partial charge is 0.297 e. The molecule has 0 aliphatic carbocycles. The summed E-state index contributed by atoms with van der Waals surface area (Å²) in [6.45, 7) is 3.58. The lowest BCUT2D eigenvalue weighted by Gasteiger charge is -2.10. The molecule has 0 radical (unpaired) electrons. The van der Waals surface area contributed by atoms with Crippen molar-refractivity contribution in [3.63, 3.8) is 0 Å². The average Bonchev–Trinajstić information content (AvgIpc) is 2.69. The summed E-state index contributed by atoms with van der Waals surface area (Å²) in [5.74, 6) is 0.772. The maximum atomic E-state index is 10.8. The summed E-state index contributed by atoms with van der Waals surface area (Å²) in [4.78, 5) is 17.1. The normalized spacial score (nSPS) is 16.2. The highest BCUT2D eigenvalue weighted by molar-refractivity contribution is 5.77. The van der Waals surface area contributed by atoms with E-state index in [2.05, 4.69) is 9.88 Å². The minimum absolute atomic E-state index is 0.106. The lowest BCUT2D eigenvalue weighted by Crippen LogP contribution is -2.17. The molecule has 1 aromatic rings. The highest BCUT2D eigenvalue weighted by Gasteiger charge is 2.17. The first-order chi connectivity index (χ1) is 6.75. The van der Waals surface area contributed by atoms with Gasteiger partial charge in [-0.2, -0.15) is 0 Å². The van der Waals surface area contributed by atoms with Gasteiger partial charge in [0.1, 0.15) is 11.5 Å². The second kappa shape index (κ2) is 3.82. The number of rotatable bonds is 3. The molecule has 0 unspecified atom stereocenters. The topological polar surface area (TPSA) is 46.3 Å². The van der Waals surface area contributed by atoms with Crippen molar-refractivity contribution in [1.29, 1.82) is 0 Å². The maximum Gasteiger partial charge on any atom is 0.297 e. The van der Waals surface area contributed by atoms with Crippen LogP contribution in [0.5, 0.6) is 0 Å². The van der Waals surface area contributed by atoms with E-state index >= 15 is 0 Å². The summed E-state index contributed by atoms with van der Waals surface area (Å²) < 4.78 is 5.47. The zero-order valence-electron chi connectivity index (χ0n) is 8.32. The van der Waals surface area contributed by atoms with Crippen LogP contribution in [0.25, 0.3) is 0 Å². The highest BCUT2D eigenvalue weighted by atomic mass is 16.4. The van der Waals surface area contributed by atoms with Gasteiger partial charge >= 0.3 is 0 Å². The molecule has 0 atom stereocenters. The molecule has 76 valence electrons. The number of hydrogen-bond donors (Lipinski definition) is 0. The summed E-state index contributed by atoms with van der Waals surface area (Å²) >= 11 is 0. The molecule has 1 fully saturated rings. The Bertz CT molecular complexity index is 327. The molecule has 0 N–H and O–H groups in total. The summed E-state index contributed by atoms with van der Waals surface area (Å²) in [6.07, 6.45) is 4.39. The zero-order valence-corrected chi connectivity index (χ0v) is 8.32. The van der Waals surface area contributed by atoms with E-state index in [0.717, 1.165) is 13.1 Å². The van der Waals surface area contributed by atoms with Gasteiger partial charge < -0.3 is 9.32 Å². The summed E-state index contributed by atoms with van der Waals surface area (Å²) in [6, 6.07) is 0.666. The zero-order chi connectivity index (χ0) is 9.97. The number of hydrogen-bond acceptors (Lipinski definition) is 4. The minimum Gasteiger partial charge on any atom is -0.428 e. The van der Waals surface area contributed by atoms with Crippen molar-refractivity contribution >= 4 is 11.8 Å². The van der Waals surface area contributed by atoms with Crippen LogP contribution in [0.3, 0.4) is 0 Å². The van der Waals surface area contributed by atoms with Gasteiger partial charge in [0.25, 0.3) is 6.01 Å². The maximum absolute atomic E-state index is 10.8. The lowest BCUT2D eigenvalue weighted by molar-refractivity contribution is -0.116. The van der Waals surface area contributed by atoms with Crippen molar-refractivity contribution < 1.29 is 9.21 Å². The van der Waals surface area contributed by atoms with E-state index in [-0.39, 0.29) is 5.78 Å². The van der Waals surface area contributed by atoms with Crippen molar-refractivity contribution in [1.82, 2.24) is 4.98 Å². The Balaban J connectivity index is 2.05. The molecule has 0 saturated carbocycles. The molecule has 4 heteroatoms. The van der Waals surface area contributed by atoms with Crippen LogP contribution in [0, 0.1) is 0 Å².